The van der Waals surface area contributed by atoms with Crippen molar-refractivity contribution >= 4 is 37.8 Å². The summed E-state index contributed by atoms with van der Waals surface area (Å²) in [4.78, 5) is 12.1. The summed E-state index contributed by atoms with van der Waals surface area (Å²) >= 11 is 6.90. The summed E-state index contributed by atoms with van der Waals surface area (Å²) in [5.74, 6) is 1.50. The summed E-state index contributed by atoms with van der Waals surface area (Å²) in [6, 6.07) is 9.28. The van der Waals surface area contributed by atoms with Crippen molar-refractivity contribution in [3.8, 4) is 17.2 Å². The van der Waals surface area contributed by atoms with E-state index >= 15 is 0 Å². The van der Waals surface area contributed by atoms with E-state index in [1.165, 1.54) is 0 Å². The highest BCUT2D eigenvalue weighted by Crippen LogP contribution is 2.34. The van der Waals surface area contributed by atoms with Crippen molar-refractivity contribution in [2.75, 3.05) is 14.2 Å². The fraction of sp³-hybridized carbons (Fsp3) is 0.278. The summed E-state index contributed by atoms with van der Waals surface area (Å²) in [7, 11) is 3.17. The Morgan fingerprint density at radius 3 is 2.25 bits per heavy atom. The van der Waals surface area contributed by atoms with Crippen molar-refractivity contribution in [1.29, 1.82) is 0 Å². The van der Waals surface area contributed by atoms with E-state index < -0.39 is 0 Å². The van der Waals surface area contributed by atoms with Crippen LogP contribution in [-0.4, -0.2) is 20.2 Å². The van der Waals surface area contributed by atoms with Crippen LogP contribution in [-0.2, 0) is 11.2 Å². The van der Waals surface area contributed by atoms with Crippen LogP contribution >= 0.6 is 31.9 Å². The Labute approximate surface area is 158 Å². The number of hydrogen-bond donors (Lipinski definition) is 0. The molecule has 6 heteroatoms. The van der Waals surface area contributed by atoms with Crippen molar-refractivity contribution in [3.05, 3.63) is 50.4 Å². The number of halogens is 2. The molecule has 0 spiro atoms. The molecule has 0 aliphatic rings. The topological polar surface area (TPSA) is 44.8 Å². The molecule has 0 radical (unpaired) electrons. The predicted octanol–water partition coefficient (Wildman–Crippen LogP) is 5.08. The Hall–Kier alpha value is -1.53. The zero-order chi connectivity index (χ0) is 17.7. The second kappa shape index (κ2) is 8.53. The molecular weight excluding hydrogens is 440 g/mol. The second-order valence-electron chi connectivity index (χ2n) is 5.21. The molecule has 0 heterocycles. The van der Waals surface area contributed by atoms with Gasteiger partial charge < -0.3 is 14.2 Å². The third-order valence-corrected chi connectivity index (χ3v) is 4.82. The zero-order valence-corrected chi connectivity index (χ0v) is 16.9. The zero-order valence-electron chi connectivity index (χ0n) is 13.7. The van der Waals surface area contributed by atoms with Crippen molar-refractivity contribution in [1.82, 2.24) is 0 Å². The van der Waals surface area contributed by atoms with Gasteiger partial charge in [-0.05, 0) is 64.7 Å². The van der Waals surface area contributed by atoms with Crippen molar-refractivity contribution in [2.45, 2.75) is 19.8 Å². The molecule has 0 bridgehead atoms. The van der Waals surface area contributed by atoms with Crippen LogP contribution in [0.25, 0.3) is 0 Å². The van der Waals surface area contributed by atoms with Gasteiger partial charge in [0.1, 0.15) is 5.75 Å². The van der Waals surface area contributed by atoms with Gasteiger partial charge in [0.25, 0.3) is 0 Å². The maximum atomic E-state index is 12.1. The number of carbonyl (C=O) groups excluding carboxylic acids is 1. The van der Waals surface area contributed by atoms with Gasteiger partial charge in [0, 0.05) is 4.47 Å². The number of esters is 1. The molecule has 0 aliphatic carbocycles. The molecule has 0 amide bonds. The Balaban J connectivity index is 2.03. The minimum atomic E-state index is -0.291. The van der Waals surface area contributed by atoms with E-state index in [1.54, 1.807) is 20.3 Å². The normalized spacial score (nSPS) is 10.4. The van der Waals surface area contributed by atoms with Gasteiger partial charge in [0.05, 0.1) is 25.1 Å². The van der Waals surface area contributed by atoms with Crippen LogP contribution in [0.2, 0.25) is 0 Å². The highest BCUT2D eigenvalue weighted by molar-refractivity contribution is 9.10. The van der Waals surface area contributed by atoms with Crippen molar-refractivity contribution in [3.63, 3.8) is 0 Å². The van der Waals surface area contributed by atoms with E-state index in [2.05, 4.69) is 31.9 Å². The van der Waals surface area contributed by atoms with Crippen LogP contribution in [0, 0.1) is 6.92 Å². The molecular formula is C18H18Br2O4. The molecule has 0 aliphatic heterocycles. The van der Waals surface area contributed by atoms with Gasteiger partial charge in [0.15, 0.2) is 11.5 Å². The van der Waals surface area contributed by atoms with Crippen LogP contribution in [0.4, 0.5) is 0 Å². The summed E-state index contributed by atoms with van der Waals surface area (Å²) in [5, 5.41) is 0. The molecule has 2 aromatic carbocycles. The Bertz CT molecular complexity index is 744. The smallest absolute Gasteiger partial charge is 0.311 e. The maximum absolute atomic E-state index is 12.1. The van der Waals surface area contributed by atoms with Crippen LogP contribution in [0.1, 0.15) is 17.5 Å². The van der Waals surface area contributed by atoms with Gasteiger partial charge in [-0.15, -0.1) is 0 Å². The number of methoxy groups -OCH3 is 2. The van der Waals surface area contributed by atoms with Crippen molar-refractivity contribution in [2.24, 2.45) is 0 Å². The maximum Gasteiger partial charge on any atom is 0.311 e. The average molecular weight is 458 g/mol. The van der Waals surface area contributed by atoms with E-state index in [-0.39, 0.29) is 12.4 Å². The van der Waals surface area contributed by atoms with E-state index in [9.17, 15) is 4.79 Å². The van der Waals surface area contributed by atoms with E-state index in [1.807, 2.05) is 31.2 Å². The van der Waals surface area contributed by atoms with Crippen LogP contribution in [0.15, 0.2) is 39.3 Å². The molecule has 0 aromatic heterocycles. The van der Waals surface area contributed by atoms with Gasteiger partial charge in [-0.1, -0.05) is 22.0 Å². The summed E-state index contributed by atoms with van der Waals surface area (Å²) < 4.78 is 17.6. The fourth-order valence-electron chi connectivity index (χ4n) is 2.19. The number of carbonyl (C=O) groups is 1. The average Bonchev–Trinajstić information content (AvgIpc) is 2.56. The Morgan fingerprint density at radius 1 is 0.958 bits per heavy atom. The first kappa shape index (κ1) is 18.8. The van der Waals surface area contributed by atoms with E-state index in [0.717, 1.165) is 20.1 Å². The fourth-order valence-corrected chi connectivity index (χ4v) is 3.28. The molecule has 2 rings (SSSR count). The first-order valence-electron chi connectivity index (χ1n) is 7.31. The minimum absolute atomic E-state index is 0.258. The molecule has 0 saturated carbocycles. The lowest BCUT2D eigenvalue weighted by molar-refractivity contribution is -0.134. The first-order chi connectivity index (χ1) is 11.4. The molecule has 0 saturated heterocycles. The lowest BCUT2D eigenvalue weighted by Crippen LogP contribution is -2.09. The third-order valence-electron chi connectivity index (χ3n) is 3.46. The number of hydrogen-bond acceptors (Lipinski definition) is 4. The van der Waals surface area contributed by atoms with E-state index in [0.29, 0.717) is 23.7 Å². The number of ether oxygens (including phenoxy) is 3. The quantitative estimate of drug-likeness (QED) is 0.448. The van der Waals surface area contributed by atoms with Crippen LogP contribution in [0.3, 0.4) is 0 Å². The lowest BCUT2D eigenvalue weighted by atomic mass is 10.1. The molecule has 0 fully saturated rings. The standard InChI is InChI=1S/C18H18Br2O4/c1-11-4-6-15(14(20)8-11)24-18(21)7-5-12-9-16(22-2)17(23-3)10-13(12)19/h4,6,8-10H,5,7H2,1-3H3. The Kier molecular flexibility index (Phi) is 6.69. The molecule has 4 nitrogen and oxygen atoms in total. The summed E-state index contributed by atoms with van der Waals surface area (Å²) in [6.45, 7) is 1.98. The molecule has 0 atom stereocenters. The highest BCUT2D eigenvalue weighted by atomic mass is 79.9. The number of aryl methyl sites for hydroxylation is 2. The highest BCUT2D eigenvalue weighted by Gasteiger charge is 2.13. The molecule has 24 heavy (non-hydrogen) atoms. The molecule has 0 unspecified atom stereocenters. The monoisotopic (exact) mass is 456 g/mol. The van der Waals surface area contributed by atoms with E-state index in [4.69, 9.17) is 14.2 Å². The van der Waals surface area contributed by atoms with Gasteiger partial charge in [-0.2, -0.15) is 0 Å². The van der Waals surface area contributed by atoms with Crippen LogP contribution in [0.5, 0.6) is 17.2 Å². The SMILES string of the molecule is COc1cc(Br)c(CCC(=O)Oc2ccc(C)cc2Br)cc1OC. The largest absolute Gasteiger partial charge is 0.493 e. The summed E-state index contributed by atoms with van der Waals surface area (Å²) in [6.07, 6.45) is 0.789. The lowest BCUT2D eigenvalue weighted by Gasteiger charge is -2.12. The number of benzene rings is 2. The van der Waals surface area contributed by atoms with Crippen molar-refractivity contribution < 1.29 is 19.0 Å². The van der Waals surface area contributed by atoms with Gasteiger partial charge in [-0.25, -0.2) is 0 Å². The molecule has 0 N–H and O–H groups in total. The second-order valence-corrected chi connectivity index (χ2v) is 6.92. The minimum Gasteiger partial charge on any atom is -0.493 e. The van der Waals surface area contributed by atoms with Gasteiger partial charge in [-0.3, -0.25) is 4.79 Å². The Morgan fingerprint density at radius 2 is 1.62 bits per heavy atom. The van der Waals surface area contributed by atoms with Crippen LogP contribution < -0.4 is 14.2 Å². The number of rotatable bonds is 6. The first-order valence-corrected chi connectivity index (χ1v) is 8.90. The molecule has 2 aromatic rings. The predicted molar refractivity (Wildman–Crippen MR) is 100 cm³/mol. The summed E-state index contributed by atoms with van der Waals surface area (Å²) in [5.41, 5.74) is 2.04. The molecule has 128 valence electrons. The third kappa shape index (κ3) is 4.74. The van der Waals surface area contributed by atoms with Gasteiger partial charge in [0.2, 0.25) is 0 Å². The van der Waals surface area contributed by atoms with Gasteiger partial charge >= 0.3 is 5.97 Å².